The molecule has 3 aromatic heterocycles. The van der Waals surface area contributed by atoms with Crippen LogP contribution < -0.4 is 0 Å². The molecule has 0 aliphatic carbocycles. The van der Waals surface area contributed by atoms with Crippen molar-refractivity contribution in [2.45, 2.75) is 11.2 Å². The smallest absolute Gasteiger partial charge is 0.392 e. The number of alkyl halides is 3. The zero-order valence-corrected chi connectivity index (χ0v) is 12.3. The van der Waals surface area contributed by atoms with Crippen LogP contribution in [0.4, 0.5) is 13.2 Å². The molecular weight excluding hydrogens is 331 g/mol. The van der Waals surface area contributed by atoms with Gasteiger partial charge in [0, 0.05) is 11.9 Å². The highest BCUT2D eigenvalue weighted by Gasteiger charge is 2.38. The molecule has 0 saturated heterocycles. The van der Waals surface area contributed by atoms with Gasteiger partial charge in [0.1, 0.15) is 10.5 Å². The molecule has 0 spiro atoms. The maximum Gasteiger partial charge on any atom is 0.452 e. The lowest BCUT2D eigenvalue weighted by Crippen LogP contribution is -2.12. The second-order valence-electron chi connectivity index (χ2n) is 4.41. The van der Waals surface area contributed by atoms with Crippen molar-refractivity contribution in [2.24, 2.45) is 0 Å². The van der Waals surface area contributed by atoms with Gasteiger partial charge in [0.25, 0.3) is 0 Å². The normalized spacial score (nSPS) is 12.7. The molecule has 23 heavy (non-hydrogen) atoms. The zero-order chi connectivity index (χ0) is 16.4. The summed E-state index contributed by atoms with van der Waals surface area (Å²) in [7, 11) is 0. The van der Waals surface area contributed by atoms with Gasteiger partial charge in [-0.3, -0.25) is 4.40 Å². The van der Waals surface area contributed by atoms with Gasteiger partial charge in [0.15, 0.2) is 11.3 Å². The molecule has 0 aliphatic heterocycles. The molecule has 3 rings (SSSR count). The van der Waals surface area contributed by atoms with Crippen molar-refractivity contribution in [1.82, 2.24) is 24.6 Å². The minimum absolute atomic E-state index is 0.00548. The molecule has 0 saturated carbocycles. The van der Waals surface area contributed by atoms with Crippen LogP contribution in [0.15, 0.2) is 35.5 Å². The topological polar surface area (TPSA) is 76.2 Å². The van der Waals surface area contributed by atoms with E-state index in [1.54, 1.807) is 18.2 Å². The highest BCUT2D eigenvalue weighted by molar-refractivity contribution is 7.99. The van der Waals surface area contributed by atoms with Crippen LogP contribution in [0, 0.1) is 0 Å². The van der Waals surface area contributed by atoms with Gasteiger partial charge in [0.05, 0.1) is 6.61 Å². The van der Waals surface area contributed by atoms with Crippen LogP contribution in [-0.4, -0.2) is 42.0 Å². The molecular formula is C13H10F3N5OS. The van der Waals surface area contributed by atoms with Crippen LogP contribution in [0.25, 0.3) is 16.8 Å². The Hall–Kier alpha value is -2.20. The number of aromatic nitrogens is 5. The van der Waals surface area contributed by atoms with Gasteiger partial charge in [-0.1, -0.05) is 23.9 Å². The van der Waals surface area contributed by atoms with Crippen molar-refractivity contribution >= 4 is 28.6 Å². The summed E-state index contributed by atoms with van der Waals surface area (Å²) in [6.45, 7) is -0.103. The number of fused-ring (bicyclic) bond motifs is 3. The minimum atomic E-state index is -4.65. The second kappa shape index (κ2) is 6.13. The van der Waals surface area contributed by atoms with Crippen LogP contribution in [0.5, 0.6) is 0 Å². The summed E-state index contributed by atoms with van der Waals surface area (Å²) >= 11 is 1.20. The van der Waals surface area contributed by atoms with Gasteiger partial charge in [0.2, 0.25) is 5.82 Å². The van der Waals surface area contributed by atoms with E-state index in [4.69, 9.17) is 5.11 Å². The van der Waals surface area contributed by atoms with E-state index in [1.807, 2.05) is 0 Å². The van der Waals surface area contributed by atoms with Crippen molar-refractivity contribution < 1.29 is 18.3 Å². The first kappa shape index (κ1) is 15.7. The lowest BCUT2D eigenvalue weighted by molar-refractivity contribution is -0.145. The number of aliphatic hydroxyl groups excluding tert-OH is 1. The van der Waals surface area contributed by atoms with Gasteiger partial charge in [-0.2, -0.15) is 13.2 Å². The van der Waals surface area contributed by atoms with E-state index >= 15 is 0 Å². The SMILES string of the molecule is OC/C=C/CSc1nc2cccnc2n2c(C(F)(F)F)nnc12. The molecule has 0 bridgehead atoms. The third-order valence-electron chi connectivity index (χ3n) is 2.90. The Morgan fingerprint density at radius 2 is 2.04 bits per heavy atom. The van der Waals surface area contributed by atoms with E-state index < -0.39 is 12.0 Å². The molecule has 0 fully saturated rings. The molecule has 1 N–H and O–H groups in total. The number of pyridine rings is 1. The summed E-state index contributed by atoms with van der Waals surface area (Å²) < 4.78 is 40.3. The summed E-state index contributed by atoms with van der Waals surface area (Å²) in [6.07, 6.45) is -0.0283. The average molecular weight is 341 g/mol. The molecule has 6 nitrogen and oxygen atoms in total. The Balaban J connectivity index is 2.20. The summed E-state index contributed by atoms with van der Waals surface area (Å²) in [6, 6.07) is 3.18. The highest BCUT2D eigenvalue weighted by atomic mass is 32.2. The quantitative estimate of drug-likeness (QED) is 0.580. The van der Waals surface area contributed by atoms with Crippen molar-refractivity contribution in [2.75, 3.05) is 12.4 Å². The molecule has 120 valence electrons. The maximum atomic E-state index is 13.1. The van der Waals surface area contributed by atoms with Crippen molar-refractivity contribution in [1.29, 1.82) is 0 Å². The first-order valence-electron chi connectivity index (χ1n) is 6.48. The molecule has 0 unspecified atom stereocenters. The summed E-state index contributed by atoms with van der Waals surface area (Å²) in [5.41, 5.74) is 0.375. The third-order valence-corrected chi connectivity index (χ3v) is 3.80. The van der Waals surface area contributed by atoms with Crippen molar-refractivity contribution in [3.05, 3.63) is 36.3 Å². The Bertz CT molecular complexity index is 877. The Morgan fingerprint density at radius 3 is 2.78 bits per heavy atom. The molecule has 0 radical (unpaired) electrons. The van der Waals surface area contributed by atoms with Gasteiger partial charge in [-0.25, -0.2) is 9.97 Å². The van der Waals surface area contributed by atoms with E-state index in [9.17, 15) is 13.2 Å². The number of rotatable bonds is 4. The third kappa shape index (κ3) is 2.99. The lowest BCUT2D eigenvalue weighted by Gasteiger charge is -2.08. The van der Waals surface area contributed by atoms with E-state index in [-0.39, 0.29) is 17.9 Å². The van der Waals surface area contributed by atoms with Crippen molar-refractivity contribution in [3.63, 3.8) is 0 Å². The summed E-state index contributed by atoms with van der Waals surface area (Å²) in [5.74, 6) is -0.699. The number of halogens is 3. The van der Waals surface area contributed by atoms with E-state index in [2.05, 4.69) is 20.2 Å². The number of aliphatic hydroxyl groups is 1. The monoisotopic (exact) mass is 341 g/mol. The fraction of sp³-hybridized carbons (Fsp3) is 0.231. The Morgan fingerprint density at radius 1 is 1.22 bits per heavy atom. The average Bonchev–Trinajstić information content (AvgIpc) is 2.97. The predicted molar refractivity (Wildman–Crippen MR) is 78.0 cm³/mol. The van der Waals surface area contributed by atoms with Gasteiger partial charge >= 0.3 is 6.18 Å². The van der Waals surface area contributed by atoms with E-state index in [0.29, 0.717) is 16.3 Å². The number of nitrogens with zero attached hydrogens (tertiary/aromatic N) is 5. The van der Waals surface area contributed by atoms with Gasteiger partial charge < -0.3 is 5.11 Å². The second-order valence-corrected chi connectivity index (χ2v) is 5.42. The molecule has 3 aromatic rings. The Kier molecular flexibility index (Phi) is 4.18. The molecule has 0 amide bonds. The van der Waals surface area contributed by atoms with E-state index in [0.717, 1.165) is 4.40 Å². The predicted octanol–water partition coefficient (Wildman–Crippen LogP) is 2.33. The summed E-state index contributed by atoms with van der Waals surface area (Å²) in [4.78, 5) is 8.28. The van der Waals surface area contributed by atoms with E-state index in [1.165, 1.54) is 24.0 Å². The lowest BCUT2D eigenvalue weighted by atomic mass is 10.4. The number of thioether (sulfide) groups is 1. The van der Waals surface area contributed by atoms with Gasteiger partial charge in [-0.05, 0) is 12.1 Å². The fourth-order valence-electron chi connectivity index (χ4n) is 1.98. The molecule has 0 atom stereocenters. The van der Waals surface area contributed by atoms with Crippen LogP contribution in [0.1, 0.15) is 5.82 Å². The number of hydrogen-bond donors (Lipinski definition) is 1. The maximum absolute atomic E-state index is 13.1. The minimum Gasteiger partial charge on any atom is -0.392 e. The number of hydrogen-bond acceptors (Lipinski definition) is 6. The van der Waals surface area contributed by atoms with Crippen LogP contribution >= 0.6 is 11.8 Å². The molecule has 10 heteroatoms. The molecule has 0 aliphatic rings. The largest absolute Gasteiger partial charge is 0.452 e. The highest BCUT2D eigenvalue weighted by Crippen LogP contribution is 2.32. The van der Waals surface area contributed by atoms with Gasteiger partial charge in [-0.15, -0.1) is 10.2 Å². The van der Waals surface area contributed by atoms with Crippen LogP contribution in [-0.2, 0) is 6.18 Å². The first-order valence-corrected chi connectivity index (χ1v) is 7.46. The molecule has 3 heterocycles. The zero-order valence-electron chi connectivity index (χ0n) is 11.5. The summed E-state index contributed by atoms with van der Waals surface area (Å²) in [5, 5.41) is 15.9. The first-order chi connectivity index (χ1) is 11.0. The van der Waals surface area contributed by atoms with Crippen LogP contribution in [0.3, 0.4) is 0 Å². The standard InChI is InChI=1S/C13H10F3N5OS/c14-13(15,16)12-20-19-10-11(23-7-2-1-6-22)18-8-4-3-5-17-9(8)21(10)12/h1-5,22H,6-7H2/b2-1+. The molecule has 0 aromatic carbocycles. The van der Waals surface area contributed by atoms with Crippen LogP contribution in [0.2, 0.25) is 0 Å². The van der Waals surface area contributed by atoms with Crippen molar-refractivity contribution in [3.8, 4) is 0 Å². The fourth-order valence-corrected chi connectivity index (χ4v) is 2.80. The Labute approximate surface area is 132 Å².